The van der Waals surface area contributed by atoms with Crippen molar-refractivity contribution in [1.82, 2.24) is 9.80 Å². The molecule has 36 heavy (non-hydrogen) atoms. The van der Waals surface area contributed by atoms with E-state index < -0.39 is 0 Å². The van der Waals surface area contributed by atoms with E-state index >= 15 is 0 Å². The lowest BCUT2D eigenvalue weighted by molar-refractivity contribution is -0.139. The number of carbonyl (C=O) groups excluding carboxylic acids is 2. The number of anilines is 1. The molecule has 2 aromatic rings. The third kappa shape index (κ3) is 5.13. The van der Waals surface area contributed by atoms with Gasteiger partial charge in [-0.3, -0.25) is 9.59 Å². The summed E-state index contributed by atoms with van der Waals surface area (Å²) in [7, 11) is 1.87. The molecule has 3 atom stereocenters. The lowest BCUT2D eigenvalue weighted by Gasteiger charge is -2.45. The van der Waals surface area contributed by atoms with Crippen molar-refractivity contribution in [1.29, 1.82) is 0 Å². The molecule has 3 fully saturated rings. The van der Waals surface area contributed by atoms with Crippen molar-refractivity contribution in [2.45, 2.75) is 37.5 Å². The van der Waals surface area contributed by atoms with Crippen molar-refractivity contribution in [2.24, 2.45) is 5.92 Å². The van der Waals surface area contributed by atoms with Crippen LogP contribution in [0.1, 0.15) is 30.4 Å². The molecule has 2 amide bonds. The summed E-state index contributed by atoms with van der Waals surface area (Å²) in [5.41, 5.74) is 3.20. The van der Waals surface area contributed by atoms with Crippen molar-refractivity contribution in [2.75, 3.05) is 38.1 Å². The van der Waals surface area contributed by atoms with Crippen LogP contribution in [0.2, 0.25) is 10.0 Å². The third-order valence-corrected chi connectivity index (χ3v) is 9.68. The van der Waals surface area contributed by atoms with E-state index in [-0.39, 0.29) is 23.8 Å². The van der Waals surface area contributed by atoms with Crippen molar-refractivity contribution in [3.63, 3.8) is 0 Å². The molecule has 0 N–H and O–H groups in total. The zero-order valence-corrected chi connectivity index (χ0v) is 23.0. The number of rotatable bonds is 3. The summed E-state index contributed by atoms with van der Waals surface area (Å²) in [6.45, 7) is 5.12. The van der Waals surface area contributed by atoms with Gasteiger partial charge < -0.3 is 14.7 Å². The van der Waals surface area contributed by atoms with Gasteiger partial charge in [-0.1, -0.05) is 47.5 Å². The van der Waals surface area contributed by atoms with Gasteiger partial charge in [-0.25, -0.2) is 0 Å². The van der Waals surface area contributed by atoms with E-state index in [1.165, 1.54) is 5.56 Å². The van der Waals surface area contributed by atoms with Crippen LogP contribution in [0.5, 0.6) is 0 Å². The number of hydrogen-bond donors (Lipinski definition) is 0. The van der Waals surface area contributed by atoms with Gasteiger partial charge >= 0.3 is 0 Å². The number of thioether (sulfide) groups is 1. The maximum atomic E-state index is 13.5. The van der Waals surface area contributed by atoms with Crippen LogP contribution < -0.4 is 4.90 Å². The molecule has 3 aliphatic rings. The number of piperazine rings is 1. The molecule has 2 aromatic carbocycles. The van der Waals surface area contributed by atoms with E-state index in [0.29, 0.717) is 23.4 Å². The molecule has 2 saturated heterocycles. The molecule has 5 rings (SSSR count). The second-order valence-electron chi connectivity index (χ2n) is 9.92. The van der Waals surface area contributed by atoms with Crippen molar-refractivity contribution in [3.05, 3.63) is 68.5 Å². The minimum atomic E-state index is -0.0318. The van der Waals surface area contributed by atoms with Gasteiger partial charge in [0.1, 0.15) is 0 Å². The second-order valence-corrected chi connectivity index (χ2v) is 12.0. The molecular weight excluding hydrogens is 513 g/mol. The average molecular weight is 545 g/mol. The molecule has 1 aliphatic carbocycles. The highest BCUT2D eigenvalue weighted by Crippen LogP contribution is 2.44. The standard InChI is InChI=1S/C28H31Cl2N3O2S/c1-18-7-9-21(29)17-23(18)32-11-13-33(14-12-32)27(34)20-8-10-25-24(15-20)31(2)28(35)26(36-25)16-19-5-3-4-6-22(19)30/h3-7,9,16-17,20,24-25H,8,10-15H2,1-2H3/b26-16-. The smallest absolute Gasteiger partial charge is 0.260 e. The van der Waals surface area contributed by atoms with E-state index in [1.807, 2.05) is 65.4 Å². The predicted octanol–water partition coefficient (Wildman–Crippen LogP) is 5.73. The summed E-state index contributed by atoms with van der Waals surface area (Å²) >= 11 is 14.2. The maximum Gasteiger partial charge on any atom is 0.260 e. The van der Waals surface area contributed by atoms with Crippen LogP contribution in [-0.4, -0.2) is 66.1 Å². The number of halogens is 2. The van der Waals surface area contributed by atoms with Gasteiger partial charge in [0.05, 0.1) is 4.91 Å². The molecule has 0 aromatic heterocycles. The summed E-state index contributed by atoms with van der Waals surface area (Å²) in [4.78, 5) is 33.6. The molecule has 190 valence electrons. The fourth-order valence-corrected chi connectivity index (χ4v) is 7.43. The average Bonchev–Trinajstić information content (AvgIpc) is 2.89. The highest BCUT2D eigenvalue weighted by Gasteiger charge is 2.43. The quantitative estimate of drug-likeness (QED) is 0.463. The van der Waals surface area contributed by atoms with Gasteiger partial charge in [-0.2, -0.15) is 0 Å². The van der Waals surface area contributed by atoms with Crippen LogP contribution in [0.4, 0.5) is 5.69 Å². The first-order chi connectivity index (χ1) is 17.3. The molecule has 0 spiro atoms. The Morgan fingerprint density at radius 2 is 1.81 bits per heavy atom. The van der Waals surface area contributed by atoms with E-state index in [0.717, 1.165) is 53.5 Å². The molecular formula is C28H31Cl2N3O2S. The van der Waals surface area contributed by atoms with Crippen molar-refractivity contribution in [3.8, 4) is 0 Å². The van der Waals surface area contributed by atoms with Crippen LogP contribution in [0.15, 0.2) is 47.4 Å². The van der Waals surface area contributed by atoms with Gasteiger partial charge in [0.15, 0.2) is 0 Å². The van der Waals surface area contributed by atoms with Gasteiger partial charge in [0, 0.05) is 66.2 Å². The summed E-state index contributed by atoms with van der Waals surface area (Å²) in [5.74, 6) is 0.217. The maximum absolute atomic E-state index is 13.5. The second kappa shape index (κ2) is 10.7. The Labute approximate surface area is 227 Å². The highest BCUT2D eigenvalue weighted by atomic mass is 35.5. The lowest BCUT2D eigenvalue weighted by atomic mass is 9.83. The minimum Gasteiger partial charge on any atom is -0.368 e. The van der Waals surface area contributed by atoms with E-state index in [2.05, 4.69) is 11.8 Å². The first kappa shape index (κ1) is 25.5. The predicted molar refractivity (Wildman–Crippen MR) is 150 cm³/mol. The SMILES string of the molecule is Cc1ccc(Cl)cc1N1CCN(C(=O)C2CCC3S/C(=C\c4ccccc4Cl)C(=O)N(C)C3C2)CC1. The number of likely N-dealkylation sites (N-methyl/N-ethyl adjacent to an activating group) is 1. The van der Waals surface area contributed by atoms with Crippen LogP contribution >= 0.6 is 35.0 Å². The Balaban J connectivity index is 1.21. The van der Waals surface area contributed by atoms with Gasteiger partial charge in [0.25, 0.3) is 5.91 Å². The molecule has 5 nitrogen and oxygen atoms in total. The molecule has 1 saturated carbocycles. The minimum absolute atomic E-state index is 0.0137. The Bertz CT molecular complexity index is 1200. The monoisotopic (exact) mass is 543 g/mol. The molecule has 2 aliphatic heterocycles. The normalized spacial score (nSPS) is 25.8. The number of fused-ring (bicyclic) bond motifs is 1. The van der Waals surface area contributed by atoms with Gasteiger partial charge in [-0.15, -0.1) is 11.8 Å². The van der Waals surface area contributed by atoms with Crippen LogP contribution in [0.3, 0.4) is 0 Å². The number of hydrogen-bond acceptors (Lipinski definition) is 4. The Hall–Kier alpha value is -2.15. The first-order valence-corrected chi connectivity index (χ1v) is 14.2. The molecule has 3 unspecified atom stereocenters. The molecule has 8 heteroatoms. The Kier molecular flexibility index (Phi) is 7.57. The summed E-state index contributed by atoms with van der Waals surface area (Å²) in [5, 5.41) is 1.68. The first-order valence-electron chi connectivity index (χ1n) is 12.5. The number of aryl methyl sites for hydroxylation is 1. The Morgan fingerprint density at radius 1 is 1.06 bits per heavy atom. The summed E-state index contributed by atoms with van der Waals surface area (Å²) < 4.78 is 0. The van der Waals surface area contributed by atoms with Gasteiger partial charge in [0.2, 0.25) is 5.91 Å². The van der Waals surface area contributed by atoms with Crippen molar-refractivity contribution >= 4 is 58.5 Å². The van der Waals surface area contributed by atoms with E-state index in [9.17, 15) is 9.59 Å². The highest BCUT2D eigenvalue weighted by molar-refractivity contribution is 8.04. The molecule has 0 radical (unpaired) electrons. The van der Waals surface area contributed by atoms with Crippen LogP contribution in [0.25, 0.3) is 6.08 Å². The van der Waals surface area contributed by atoms with E-state index in [1.54, 1.807) is 11.8 Å². The number of nitrogens with zero attached hydrogens (tertiary/aromatic N) is 3. The van der Waals surface area contributed by atoms with Crippen molar-refractivity contribution < 1.29 is 9.59 Å². The van der Waals surface area contributed by atoms with Crippen LogP contribution in [0, 0.1) is 12.8 Å². The largest absolute Gasteiger partial charge is 0.368 e. The summed E-state index contributed by atoms with van der Waals surface area (Å²) in [6, 6.07) is 13.6. The van der Waals surface area contributed by atoms with E-state index in [4.69, 9.17) is 23.2 Å². The van der Waals surface area contributed by atoms with Crippen LogP contribution in [-0.2, 0) is 9.59 Å². The number of carbonyl (C=O) groups is 2. The molecule has 0 bridgehead atoms. The lowest BCUT2D eigenvalue weighted by Crippen LogP contribution is -2.55. The summed E-state index contributed by atoms with van der Waals surface area (Å²) in [6.07, 6.45) is 4.42. The topological polar surface area (TPSA) is 43.9 Å². The fourth-order valence-electron chi connectivity index (χ4n) is 5.60. The third-order valence-electron chi connectivity index (χ3n) is 7.71. The number of benzene rings is 2. The zero-order chi connectivity index (χ0) is 25.4. The Morgan fingerprint density at radius 3 is 2.56 bits per heavy atom. The number of amides is 2. The zero-order valence-electron chi connectivity index (χ0n) is 20.6. The van der Waals surface area contributed by atoms with Gasteiger partial charge in [-0.05, 0) is 61.6 Å². The fraction of sp³-hybridized carbons (Fsp3) is 0.429. The molecule has 2 heterocycles.